The highest BCUT2D eigenvalue weighted by atomic mass is 14.8. The van der Waals surface area contributed by atoms with Crippen molar-refractivity contribution in [3.05, 3.63) is 48.2 Å². The molecule has 0 saturated carbocycles. The molecular formula is C14H18N2. The van der Waals surface area contributed by atoms with Gasteiger partial charge in [-0.2, -0.15) is 0 Å². The van der Waals surface area contributed by atoms with Crippen molar-refractivity contribution in [1.82, 2.24) is 5.32 Å². The number of hydrogen-bond acceptors (Lipinski definition) is 2. The van der Waals surface area contributed by atoms with Gasteiger partial charge in [0.05, 0.1) is 0 Å². The van der Waals surface area contributed by atoms with E-state index in [9.17, 15) is 0 Å². The number of hydrogen-bond donors (Lipinski definition) is 1. The van der Waals surface area contributed by atoms with Gasteiger partial charge in [0.2, 0.25) is 0 Å². The third-order valence-corrected chi connectivity index (χ3v) is 2.76. The van der Waals surface area contributed by atoms with Crippen LogP contribution in [0.2, 0.25) is 0 Å². The largest absolute Gasteiger partial charge is 0.313 e. The summed E-state index contributed by atoms with van der Waals surface area (Å²) in [4.78, 5) is 4.09. The van der Waals surface area contributed by atoms with Crippen molar-refractivity contribution in [3.8, 4) is 0 Å². The molecule has 16 heavy (non-hydrogen) atoms. The molecule has 1 N–H and O–H groups in total. The van der Waals surface area contributed by atoms with E-state index in [1.165, 1.54) is 18.4 Å². The molecule has 0 amide bonds. The molecule has 1 heterocycles. The van der Waals surface area contributed by atoms with Crippen molar-refractivity contribution in [1.29, 1.82) is 0 Å². The Kier molecular flexibility index (Phi) is 4.32. The Hall–Kier alpha value is -1.41. The predicted octanol–water partition coefficient (Wildman–Crippen LogP) is 2.77. The molecule has 0 spiro atoms. The predicted molar refractivity (Wildman–Crippen MR) is 68.5 cm³/mol. The summed E-state index contributed by atoms with van der Waals surface area (Å²) in [5, 5.41) is 3.46. The van der Waals surface area contributed by atoms with Crippen molar-refractivity contribution in [2.24, 2.45) is 10.9 Å². The van der Waals surface area contributed by atoms with Crippen LogP contribution in [0.1, 0.15) is 18.4 Å². The topological polar surface area (TPSA) is 24.4 Å². The van der Waals surface area contributed by atoms with Gasteiger partial charge in [-0.25, -0.2) is 0 Å². The number of benzene rings is 1. The number of aliphatic imine (C=N–C) groups is 1. The SMILES string of the molecule is C1=CC(CCCNCc2ccccc2)C=N1. The average Bonchev–Trinajstić information content (AvgIpc) is 2.83. The first-order valence-electron chi connectivity index (χ1n) is 5.90. The van der Waals surface area contributed by atoms with Gasteiger partial charge >= 0.3 is 0 Å². The van der Waals surface area contributed by atoms with Crippen molar-refractivity contribution in [2.75, 3.05) is 6.54 Å². The van der Waals surface area contributed by atoms with E-state index in [1.54, 1.807) is 0 Å². The average molecular weight is 214 g/mol. The van der Waals surface area contributed by atoms with Crippen LogP contribution in [0.4, 0.5) is 0 Å². The van der Waals surface area contributed by atoms with Crippen molar-refractivity contribution in [2.45, 2.75) is 19.4 Å². The van der Waals surface area contributed by atoms with E-state index in [-0.39, 0.29) is 0 Å². The quantitative estimate of drug-likeness (QED) is 0.723. The molecule has 0 aliphatic carbocycles. The number of nitrogens with zero attached hydrogens (tertiary/aromatic N) is 1. The maximum atomic E-state index is 4.09. The minimum atomic E-state index is 0.568. The molecule has 0 fully saturated rings. The van der Waals surface area contributed by atoms with Crippen LogP contribution in [0.5, 0.6) is 0 Å². The minimum Gasteiger partial charge on any atom is -0.313 e. The van der Waals surface area contributed by atoms with Crippen LogP contribution in [-0.2, 0) is 6.54 Å². The zero-order chi connectivity index (χ0) is 11.1. The van der Waals surface area contributed by atoms with Gasteiger partial charge in [-0.3, -0.25) is 4.99 Å². The summed E-state index contributed by atoms with van der Waals surface area (Å²) in [7, 11) is 0. The van der Waals surface area contributed by atoms with Gasteiger partial charge in [0.15, 0.2) is 0 Å². The second-order valence-electron chi connectivity index (χ2n) is 4.11. The van der Waals surface area contributed by atoms with Crippen molar-refractivity contribution < 1.29 is 0 Å². The summed E-state index contributed by atoms with van der Waals surface area (Å²) in [6.07, 6.45) is 8.48. The highest BCUT2D eigenvalue weighted by Gasteiger charge is 2.03. The monoisotopic (exact) mass is 214 g/mol. The molecule has 2 heteroatoms. The molecular weight excluding hydrogens is 196 g/mol. The lowest BCUT2D eigenvalue weighted by Crippen LogP contribution is -2.15. The first-order chi connectivity index (χ1) is 7.95. The highest BCUT2D eigenvalue weighted by molar-refractivity contribution is 5.66. The van der Waals surface area contributed by atoms with Crippen LogP contribution in [0.3, 0.4) is 0 Å². The standard InChI is InChI=1S/C14H18N2/c1-2-5-13(6-3-1)11-15-9-4-7-14-8-10-16-12-14/h1-3,5-6,8,10,12,14-15H,4,7,9,11H2. The van der Waals surface area contributed by atoms with Gasteiger partial charge in [-0.1, -0.05) is 36.4 Å². The lowest BCUT2D eigenvalue weighted by Gasteiger charge is -2.06. The lowest BCUT2D eigenvalue weighted by molar-refractivity contribution is 0.604. The molecule has 1 aliphatic rings. The van der Waals surface area contributed by atoms with Gasteiger partial charge in [0.25, 0.3) is 0 Å². The molecule has 0 bridgehead atoms. The zero-order valence-electron chi connectivity index (χ0n) is 9.47. The van der Waals surface area contributed by atoms with Crippen molar-refractivity contribution in [3.63, 3.8) is 0 Å². The Morgan fingerprint density at radius 2 is 2.06 bits per heavy atom. The normalized spacial score (nSPS) is 18.1. The Bertz CT molecular complexity index is 342. The molecule has 1 atom stereocenters. The van der Waals surface area contributed by atoms with Crippen LogP contribution < -0.4 is 5.32 Å². The summed E-state index contributed by atoms with van der Waals surface area (Å²) in [6, 6.07) is 10.5. The molecule has 84 valence electrons. The molecule has 1 unspecified atom stereocenters. The van der Waals surface area contributed by atoms with Gasteiger partial charge < -0.3 is 5.32 Å². The third kappa shape index (κ3) is 3.63. The van der Waals surface area contributed by atoms with Gasteiger partial charge in [-0.15, -0.1) is 0 Å². The van der Waals surface area contributed by atoms with Gasteiger partial charge in [-0.05, 0) is 24.9 Å². The maximum absolute atomic E-state index is 4.09. The van der Waals surface area contributed by atoms with Crippen LogP contribution in [0, 0.1) is 5.92 Å². The smallest absolute Gasteiger partial charge is 0.0230 e. The van der Waals surface area contributed by atoms with Crippen LogP contribution in [0.15, 0.2) is 47.6 Å². The molecule has 2 rings (SSSR count). The number of nitrogens with one attached hydrogen (secondary N) is 1. The molecule has 2 nitrogen and oxygen atoms in total. The summed E-state index contributed by atoms with van der Waals surface area (Å²) in [5.41, 5.74) is 1.35. The number of allylic oxidation sites excluding steroid dienone is 1. The van der Waals surface area contributed by atoms with E-state index in [2.05, 4.69) is 46.7 Å². The summed E-state index contributed by atoms with van der Waals surface area (Å²) >= 11 is 0. The maximum Gasteiger partial charge on any atom is 0.0230 e. The Morgan fingerprint density at radius 1 is 1.19 bits per heavy atom. The van der Waals surface area contributed by atoms with Crippen molar-refractivity contribution >= 4 is 6.21 Å². The molecule has 1 aromatic rings. The zero-order valence-corrected chi connectivity index (χ0v) is 9.47. The highest BCUT2D eigenvalue weighted by Crippen LogP contribution is 2.09. The summed E-state index contributed by atoms with van der Waals surface area (Å²) < 4.78 is 0. The molecule has 1 aromatic carbocycles. The second kappa shape index (κ2) is 6.23. The minimum absolute atomic E-state index is 0.568. The van der Waals surface area contributed by atoms with Gasteiger partial charge in [0, 0.05) is 24.9 Å². The van der Waals surface area contributed by atoms with E-state index < -0.39 is 0 Å². The van der Waals surface area contributed by atoms with Gasteiger partial charge in [0.1, 0.15) is 0 Å². The van der Waals surface area contributed by atoms with Crippen LogP contribution >= 0.6 is 0 Å². The molecule has 1 aliphatic heterocycles. The fraction of sp³-hybridized carbons (Fsp3) is 0.357. The Morgan fingerprint density at radius 3 is 2.81 bits per heavy atom. The fourth-order valence-corrected chi connectivity index (χ4v) is 1.83. The first kappa shape index (κ1) is 11.1. The van der Waals surface area contributed by atoms with E-state index >= 15 is 0 Å². The van der Waals surface area contributed by atoms with E-state index in [4.69, 9.17) is 0 Å². The molecule has 0 aromatic heterocycles. The number of rotatable bonds is 6. The second-order valence-corrected chi connectivity index (χ2v) is 4.11. The van der Waals surface area contributed by atoms with Crippen LogP contribution in [-0.4, -0.2) is 12.8 Å². The Labute approximate surface area is 97.1 Å². The first-order valence-corrected chi connectivity index (χ1v) is 5.90. The summed E-state index contributed by atoms with van der Waals surface area (Å²) in [6.45, 7) is 2.04. The van der Waals surface area contributed by atoms with Crippen LogP contribution in [0.25, 0.3) is 0 Å². The molecule has 0 radical (unpaired) electrons. The third-order valence-electron chi connectivity index (χ3n) is 2.76. The molecule has 0 saturated heterocycles. The Balaban J connectivity index is 1.55. The lowest BCUT2D eigenvalue weighted by atomic mass is 10.1. The fourth-order valence-electron chi connectivity index (χ4n) is 1.83. The van der Waals surface area contributed by atoms with E-state index in [0.717, 1.165) is 13.1 Å². The van der Waals surface area contributed by atoms with E-state index in [0.29, 0.717) is 5.92 Å². The van der Waals surface area contributed by atoms with E-state index in [1.807, 2.05) is 12.4 Å². The summed E-state index contributed by atoms with van der Waals surface area (Å²) in [5.74, 6) is 0.568.